The maximum Gasteiger partial charge on any atom is 0.513 e. The van der Waals surface area contributed by atoms with E-state index in [0.717, 1.165) is 0 Å². The highest BCUT2D eigenvalue weighted by atomic mass is 16.7. The molecule has 0 saturated carbocycles. The predicted molar refractivity (Wildman–Crippen MR) is 65.9 cm³/mol. The third-order valence-corrected chi connectivity index (χ3v) is 3.06. The molecule has 124 valence electrons. The monoisotopic (exact) mass is 320 g/mol. The molecule has 1 aliphatic rings. The number of aliphatic hydroxyl groups excluding tert-OH is 4. The van der Waals surface area contributed by atoms with Gasteiger partial charge in [-0.05, 0) is 6.07 Å². The molecule has 10 nitrogen and oxygen atoms in total. The van der Waals surface area contributed by atoms with E-state index < -0.39 is 43.5 Å². The maximum atomic E-state index is 10.3. The van der Waals surface area contributed by atoms with Crippen molar-refractivity contribution in [1.29, 1.82) is 0 Å². The number of hydrogen-bond donors (Lipinski definition) is 5. The number of rotatable bonds is 5. The molecule has 1 fully saturated rings. The van der Waals surface area contributed by atoms with Crippen molar-refractivity contribution in [2.45, 2.75) is 37.3 Å². The lowest BCUT2D eigenvalue weighted by Crippen LogP contribution is -2.59. The number of hydrogen-bond acceptors (Lipinski definition) is 9. The van der Waals surface area contributed by atoms with Crippen molar-refractivity contribution in [2.75, 3.05) is 6.61 Å². The Labute approximate surface area is 124 Å². The minimum absolute atomic E-state index is 0.188. The summed E-state index contributed by atoms with van der Waals surface area (Å²) in [7, 11) is 0. The minimum Gasteiger partial charge on any atom is -0.449 e. The summed E-state index contributed by atoms with van der Waals surface area (Å²) in [4.78, 5) is 10.3. The molecule has 5 atom stereocenters. The second-order valence-corrected chi connectivity index (χ2v) is 4.60. The quantitative estimate of drug-likeness (QED) is 0.410. The number of carbonyl (C=O) groups is 1. The van der Waals surface area contributed by atoms with Gasteiger partial charge in [0.1, 0.15) is 36.8 Å². The average Bonchev–Trinajstić information content (AvgIpc) is 2.91. The molecule has 22 heavy (non-hydrogen) atoms. The summed E-state index contributed by atoms with van der Waals surface area (Å²) < 4.78 is 19.6. The van der Waals surface area contributed by atoms with Crippen LogP contribution >= 0.6 is 0 Å². The van der Waals surface area contributed by atoms with E-state index in [1.165, 1.54) is 12.1 Å². The van der Waals surface area contributed by atoms with Crippen LogP contribution in [0.1, 0.15) is 5.76 Å². The first-order valence-corrected chi connectivity index (χ1v) is 6.34. The number of ether oxygens (including phenoxy) is 3. The van der Waals surface area contributed by atoms with Crippen LogP contribution in [0.25, 0.3) is 0 Å². The normalized spacial score (nSPS) is 31.9. The minimum atomic E-state index is -1.54. The molecule has 1 saturated heterocycles. The van der Waals surface area contributed by atoms with Gasteiger partial charge in [0.25, 0.3) is 5.95 Å². The largest absolute Gasteiger partial charge is 0.513 e. The molecule has 2 rings (SSSR count). The Morgan fingerprint density at radius 1 is 1.18 bits per heavy atom. The topological polar surface area (TPSA) is 159 Å². The molecule has 0 aliphatic carbocycles. The lowest BCUT2D eigenvalue weighted by molar-refractivity contribution is -0.304. The number of aliphatic hydroxyl groups is 4. The molecule has 10 heteroatoms. The van der Waals surface area contributed by atoms with Crippen molar-refractivity contribution in [3.63, 3.8) is 0 Å². The van der Waals surface area contributed by atoms with Crippen LogP contribution in [0.4, 0.5) is 4.79 Å². The van der Waals surface area contributed by atoms with Crippen LogP contribution in [-0.4, -0.2) is 69.0 Å². The van der Waals surface area contributed by atoms with Crippen LogP contribution in [0.3, 0.4) is 0 Å². The summed E-state index contributed by atoms with van der Waals surface area (Å²) in [6, 6.07) is 2.66. The highest BCUT2D eigenvalue weighted by molar-refractivity contribution is 5.59. The van der Waals surface area contributed by atoms with Gasteiger partial charge in [-0.25, -0.2) is 4.79 Å². The molecule has 0 unspecified atom stereocenters. The van der Waals surface area contributed by atoms with Gasteiger partial charge in [0.05, 0.1) is 6.61 Å². The number of carboxylic acid groups (broad SMARTS) is 1. The van der Waals surface area contributed by atoms with Gasteiger partial charge in [0, 0.05) is 6.07 Å². The van der Waals surface area contributed by atoms with Gasteiger partial charge in [-0.1, -0.05) is 0 Å². The van der Waals surface area contributed by atoms with Gasteiger partial charge < -0.3 is 44.2 Å². The van der Waals surface area contributed by atoms with Gasteiger partial charge >= 0.3 is 6.16 Å². The molecule has 5 N–H and O–H groups in total. The van der Waals surface area contributed by atoms with Gasteiger partial charge in [-0.15, -0.1) is 0 Å². The van der Waals surface area contributed by atoms with Crippen LogP contribution in [0.15, 0.2) is 16.5 Å². The summed E-state index contributed by atoms with van der Waals surface area (Å²) in [5.41, 5.74) is 0. The van der Waals surface area contributed by atoms with Gasteiger partial charge in [0.15, 0.2) is 6.29 Å². The number of furan rings is 1. The maximum absolute atomic E-state index is 10.3. The molecule has 1 aromatic heterocycles. The van der Waals surface area contributed by atoms with Crippen molar-refractivity contribution in [3.05, 3.63) is 17.9 Å². The molecular formula is C12H16O10. The summed E-state index contributed by atoms with van der Waals surface area (Å²) in [6.07, 6.45) is -8.45. The fraction of sp³-hybridized carbons (Fsp3) is 0.583. The lowest BCUT2D eigenvalue weighted by Gasteiger charge is -2.39. The molecule has 0 radical (unpaired) electrons. The van der Waals surface area contributed by atoms with E-state index in [2.05, 4.69) is 4.74 Å². The second kappa shape index (κ2) is 7.05. The third-order valence-electron chi connectivity index (χ3n) is 3.06. The zero-order valence-corrected chi connectivity index (χ0v) is 11.2. The molecule has 0 spiro atoms. The van der Waals surface area contributed by atoms with E-state index in [0.29, 0.717) is 0 Å². The lowest BCUT2D eigenvalue weighted by atomic mass is 9.99. The average molecular weight is 320 g/mol. The van der Waals surface area contributed by atoms with Crippen molar-refractivity contribution in [1.82, 2.24) is 0 Å². The fourth-order valence-corrected chi connectivity index (χ4v) is 1.95. The van der Waals surface area contributed by atoms with Gasteiger partial charge in [-0.2, -0.15) is 0 Å². The zero-order chi connectivity index (χ0) is 16.3. The highest BCUT2D eigenvalue weighted by Crippen LogP contribution is 2.24. The zero-order valence-electron chi connectivity index (χ0n) is 11.2. The molecule has 0 bridgehead atoms. The van der Waals surface area contributed by atoms with Gasteiger partial charge in [-0.3, -0.25) is 0 Å². The van der Waals surface area contributed by atoms with Crippen molar-refractivity contribution in [3.8, 4) is 5.95 Å². The van der Waals surface area contributed by atoms with Crippen LogP contribution in [0.5, 0.6) is 5.95 Å². The standard InChI is InChI=1S/C12H16O10/c13-3-6-8(14)9(15)10(16)11(21-6)19-4-5-1-2-7(20-5)22-12(17)18/h1-2,6,8-11,13-16H,3-4H2,(H,17,18)/t6-,8-,9+,10-,11+/m1/s1. The smallest absolute Gasteiger partial charge is 0.449 e. The first-order valence-electron chi connectivity index (χ1n) is 6.34. The first-order chi connectivity index (χ1) is 10.4. The van der Waals surface area contributed by atoms with Crippen molar-refractivity contribution < 1.29 is 49.0 Å². The summed E-state index contributed by atoms with van der Waals surface area (Å²) in [5.74, 6) is -0.0619. The predicted octanol–water partition coefficient (Wildman–Crippen LogP) is -1.35. The third kappa shape index (κ3) is 3.74. The Morgan fingerprint density at radius 2 is 1.91 bits per heavy atom. The summed E-state index contributed by atoms with van der Waals surface area (Å²) >= 11 is 0. The van der Waals surface area contributed by atoms with Crippen LogP contribution < -0.4 is 4.74 Å². The summed E-state index contributed by atoms with van der Waals surface area (Å²) in [6.45, 7) is -0.784. The van der Waals surface area contributed by atoms with E-state index in [4.69, 9.17) is 24.1 Å². The van der Waals surface area contributed by atoms with Crippen LogP contribution in [0, 0.1) is 0 Å². The second-order valence-electron chi connectivity index (χ2n) is 4.60. The highest BCUT2D eigenvalue weighted by Gasteiger charge is 2.44. The van der Waals surface area contributed by atoms with E-state index >= 15 is 0 Å². The molecule has 1 aromatic rings. The Morgan fingerprint density at radius 3 is 2.55 bits per heavy atom. The molecular weight excluding hydrogens is 304 g/mol. The van der Waals surface area contributed by atoms with E-state index in [9.17, 15) is 20.1 Å². The Bertz CT molecular complexity index is 498. The van der Waals surface area contributed by atoms with Crippen LogP contribution in [0.2, 0.25) is 0 Å². The Hall–Kier alpha value is -1.69. The SMILES string of the molecule is O=C(O)Oc1ccc(CO[C@H]2O[C@H](CO)[C@@H](O)[C@H](O)[C@H]2O)o1. The molecule has 1 aliphatic heterocycles. The Balaban J connectivity index is 1.92. The fourth-order valence-electron chi connectivity index (χ4n) is 1.95. The van der Waals surface area contributed by atoms with E-state index in [1.807, 2.05) is 0 Å². The molecule has 0 amide bonds. The van der Waals surface area contributed by atoms with Crippen molar-refractivity contribution in [2.24, 2.45) is 0 Å². The van der Waals surface area contributed by atoms with Crippen LogP contribution in [-0.2, 0) is 16.1 Å². The van der Waals surface area contributed by atoms with Crippen molar-refractivity contribution >= 4 is 6.16 Å². The Kier molecular flexibility index (Phi) is 5.34. The van der Waals surface area contributed by atoms with E-state index in [1.54, 1.807) is 0 Å². The molecule has 2 heterocycles. The first kappa shape index (κ1) is 16.7. The van der Waals surface area contributed by atoms with E-state index in [-0.39, 0.29) is 18.3 Å². The van der Waals surface area contributed by atoms with Gasteiger partial charge in [0.2, 0.25) is 0 Å². The molecule has 0 aromatic carbocycles. The summed E-state index contributed by atoms with van der Waals surface area (Å²) in [5, 5.41) is 46.4.